The molecule has 2 nitrogen and oxygen atoms in total. The molecule has 1 N–H and O–H groups in total. The zero-order valence-corrected chi connectivity index (χ0v) is 9.07. The molecule has 78 valence electrons. The van der Waals surface area contributed by atoms with E-state index in [-0.39, 0.29) is 6.61 Å². The molecule has 0 radical (unpaired) electrons. The summed E-state index contributed by atoms with van der Waals surface area (Å²) in [4.78, 5) is 4.57. The normalized spacial score (nSPS) is 11.2. The highest BCUT2D eigenvalue weighted by atomic mass is 16.3. The Labute approximate surface area is 89.6 Å². The molecule has 0 atom stereocenters. The Hall–Kier alpha value is -1.41. The van der Waals surface area contributed by atoms with Crippen LogP contribution in [0.1, 0.15) is 31.0 Å². The van der Waals surface area contributed by atoms with Gasteiger partial charge >= 0.3 is 0 Å². The van der Waals surface area contributed by atoms with Crippen LogP contribution in [0.2, 0.25) is 0 Å². The van der Waals surface area contributed by atoms with E-state index < -0.39 is 0 Å². The Morgan fingerprint density at radius 2 is 2.00 bits per heavy atom. The van der Waals surface area contributed by atoms with Crippen LogP contribution < -0.4 is 0 Å². The number of aliphatic hydroxyl groups excluding tert-OH is 1. The first-order valence-electron chi connectivity index (χ1n) is 5.22. The van der Waals surface area contributed by atoms with Crippen molar-refractivity contribution in [3.63, 3.8) is 0 Å². The van der Waals surface area contributed by atoms with Crippen LogP contribution in [0.25, 0.3) is 10.9 Å². The van der Waals surface area contributed by atoms with Crippen LogP contribution in [-0.2, 0) is 6.61 Å². The highest BCUT2D eigenvalue weighted by Crippen LogP contribution is 2.20. The van der Waals surface area contributed by atoms with Crippen molar-refractivity contribution in [2.24, 2.45) is 0 Å². The average molecular weight is 201 g/mol. The largest absolute Gasteiger partial charge is 0.392 e. The second kappa shape index (κ2) is 3.99. The Balaban J connectivity index is 2.63. The summed E-state index contributed by atoms with van der Waals surface area (Å²) in [7, 11) is 0. The van der Waals surface area contributed by atoms with E-state index in [0.29, 0.717) is 5.92 Å². The van der Waals surface area contributed by atoms with Crippen molar-refractivity contribution in [1.82, 2.24) is 4.98 Å². The summed E-state index contributed by atoms with van der Waals surface area (Å²) in [6, 6.07) is 9.93. The van der Waals surface area contributed by atoms with Gasteiger partial charge in [0, 0.05) is 11.1 Å². The van der Waals surface area contributed by atoms with E-state index in [2.05, 4.69) is 18.8 Å². The predicted molar refractivity (Wildman–Crippen MR) is 61.8 cm³/mol. The van der Waals surface area contributed by atoms with Crippen molar-refractivity contribution in [3.05, 3.63) is 41.6 Å². The van der Waals surface area contributed by atoms with Crippen LogP contribution in [0.15, 0.2) is 30.3 Å². The van der Waals surface area contributed by atoms with Crippen LogP contribution in [0.5, 0.6) is 0 Å². The van der Waals surface area contributed by atoms with Gasteiger partial charge in [0.15, 0.2) is 0 Å². The van der Waals surface area contributed by atoms with Crippen LogP contribution in [-0.4, -0.2) is 10.1 Å². The monoisotopic (exact) mass is 201 g/mol. The highest BCUT2D eigenvalue weighted by molar-refractivity contribution is 5.82. The van der Waals surface area contributed by atoms with Gasteiger partial charge in [0.05, 0.1) is 12.1 Å². The van der Waals surface area contributed by atoms with E-state index >= 15 is 0 Å². The number of aromatic nitrogens is 1. The molecule has 1 aromatic carbocycles. The fourth-order valence-corrected chi connectivity index (χ4v) is 1.69. The van der Waals surface area contributed by atoms with Gasteiger partial charge in [-0.05, 0) is 23.6 Å². The van der Waals surface area contributed by atoms with Crippen LogP contribution >= 0.6 is 0 Å². The summed E-state index contributed by atoms with van der Waals surface area (Å²) in [6.45, 7) is 4.33. The van der Waals surface area contributed by atoms with Crippen molar-refractivity contribution in [2.45, 2.75) is 26.4 Å². The van der Waals surface area contributed by atoms with Crippen LogP contribution in [0, 0.1) is 0 Å². The van der Waals surface area contributed by atoms with E-state index in [4.69, 9.17) is 0 Å². The molecule has 15 heavy (non-hydrogen) atoms. The van der Waals surface area contributed by atoms with Crippen LogP contribution in [0.4, 0.5) is 0 Å². The third-order valence-corrected chi connectivity index (χ3v) is 2.61. The summed E-state index contributed by atoms with van der Waals surface area (Å²) < 4.78 is 0. The number of pyridine rings is 1. The Kier molecular flexibility index (Phi) is 2.69. The summed E-state index contributed by atoms with van der Waals surface area (Å²) >= 11 is 0. The molecule has 0 saturated heterocycles. The van der Waals surface area contributed by atoms with Gasteiger partial charge in [-0.2, -0.15) is 0 Å². The minimum Gasteiger partial charge on any atom is -0.392 e. The Morgan fingerprint density at radius 1 is 1.20 bits per heavy atom. The van der Waals surface area contributed by atoms with Gasteiger partial charge in [0.1, 0.15) is 0 Å². The van der Waals surface area contributed by atoms with Crippen molar-refractivity contribution < 1.29 is 5.11 Å². The molecule has 0 spiro atoms. The minimum atomic E-state index is 0.0695. The summed E-state index contributed by atoms with van der Waals surface area (Å²) in [5, 5.41) is 10.2. The fourth-order valence-electron chi connectivity index (χ4n) is 1.69. The maximum Gasteiger partial charge on any atom is 0.0709 e. The second-order valence-electron chi connectivity index (χ2n) is 4.03. The molecule has 2 aromatic rings. The molecule has 0 aliphatic carbocycles. The van der Waals surface area contributed by atoms with Gasteiger partial charge in [-0.15, -0.1) is 0 Å². The quantitative estimate of drug-likeness (QED) is 0.810. The molecule has 0 unspecified atom stereocenters. The standard InChI is InChI=1S/C13H15NO/c1-9(2)12-7-6-11-10(8-15)4-3-5-13(11)14-12/h3-7,9,15H,8H2,1-2H3. The summed E-state index contributed by atoms with van der Waals surface area (Å²) in [5.74, 6) is 0.437. The smallest absolute Gasteiger partial charge is 0.0709 e. The number of hydrogen-bond acceptors (Lipinski definition) is 2. The first kappa shape index (κ1) is 10.1. The van der Waals surface area contributed by atoms with E-state index in [1.54, 1.807) is 0 Å². The lowest BCUT2D eigenvalue weighted by molar-refractivity contribution is 0.283. The molecule has 2 heteroatoms. The average Bonchev–Trinajstić information content (AvgIpc) is 2.27. The third-order valence-electron chi connectivity index (χ3n) is 2.61. The van der Waals surface area contributed by atoms with Crippen molar-refractivity contribution >= 4 is 10.9 Å². The highest BCUT2D eigenvalue weighted by Gasteiger charge is 2.04. The zero-order chi connectivity index (χ0) is 10.8. The van der Waals surface area contributed by atoms with Crippen molar-refractivity contribution in [1.29, 1.82) is 0 Å². The second-order valence-corrected chi connectivity index (χ2v) is 4.03. The summed E-state index contributed by atoms with van der Waals surface area (Å²) in [6.07, 6.45) is 0. The van der Waals surface area contributed by atoms with Crippen LogP contribution in [0.3, 0.4) is 0 Å². The van der Waals surface area contributed by atoms with E-state index in [0.717, 1.165) is 22.2 Å². The lowest BCUT2D eigenvalue weighted by atomic mass is 10.1. The maximum absolute atomic E-state index is 9.19. The number of nitrogens with zero attached hydrogens (tertiary/aromatic N) is 1. The lowest BCUT2D eigenvalue weighted by Gasteiger charge is -2.07. The number of aliphatic hydroxyl groups is 1. The topological polar surface area (TPSA) is 33.1 Å². The molecule has 0 aliphatic rings. The van der Waals surface area contributed by atoms with E-state index in [9.17, 15) is 5.11 Å². The fraction of sp³-hybridized carbons (Fsp3) is 0.308. The Bertz CT molecular complexity index is 477. The minimum absolute atomic E-state index is 0.0695. The van der Waals surface area contributed by atoms with Gasteiger partial charge in [0.25, 0.3) is 0 Å². The summed E-state index contributed by atoms with van der Waals surface area (Å²) in [5.41, 5.74) is 3.00. The van der Waals surface area contributed by atoms with Gasteiger partial charge < -0.3 is 5.11 Å². The molecule has 0 fully saturated rings. The molecule has 1 aromatic heterocycles. The van der Waals surface area contributed by atoms with Gasteiger partial charge in [0.2, 0.25) is 0 Å². The van der Waals surface area contributed by atoms with Crippen molar-refractivity contribution in [2.75, 3.05) is 0 Å². The molecule has 1 heterocycles. The first-order chi connectivity index (χ1) is 7.22. The molecular weight excluding hydrogens is 186 g/mol. The van der Waals surface area contributed by atoms with E-state index in [1.807, 2.05) is 30.3 Å². The number of benzene rings is 1. The molecule has 0 bridgehead atoms. The molecule has 0 saturated carbocycles. The van der Waals surface area contributed by atoms with Gasteiger partial charge in [-0.1, -0.05) is 32.0 Å². The molecular formula is C13H15NO. The number of hydrogen-bond donors (Lipinski definition) is 1. The SMILES string of the molecule is CC(C)c1ccc2c(CO)cccc2n1. The third kappa shape index (κ3) is 1.85. The lowest BCUT2D eigenvalue weighted by Crippen LogP contribution is -1.94. The number of rotatable bonds is 2. The van der Waals surface area contributed by atoms with Gasteiger partial charge in [-0.25, -0.2) is 0 Å². The Morgan fingerprint density at radius 3 is 2.67 bits per heavy atom. The molecule has 2 rings (SSSR count). The van der Waals surface area contributed by atoms with Crippen molar-refractivity contribution in [3.8, 4) is 0 Å². The van der Waals surface area contributed by atoms with E-state index in [1.165, 1.54) is 0 Å². The first-order valence-corrected chi connectivity index (χ1v) is 5.22. The van der Waals surface area contributed by atoms with Gasteiger partial charge in [-0.3, -0.25) is 4.98 Å². The maximum atomic E-state index is 9.19. The predicted octanol–water partition coefficient (Wildman–Crippen LogP) is 2.85. The molecule has 0 aliphatic heterocycles. The molecule has 0 amide bonds. The number of fused-ring (bicyclic) bond motifs is 1. The zero-order valence-electron chi connectivity index (χ0n) is 9.07.